The second kappa shape index (κ2) is 8.13. The molecule has 140 valence electrons. The largest absolute Gasteiger partial charge is 0.376 e. The van der Waals surface area contributed by atoms with Crippen molar-refractivity contribution in [1.82, 2.24) is 30.1 Å². The van der Waals surface area contributed by atoms with Crippen LogP contribution in [0.5, 0.6) is 0 Å². The lowest BCUT2D eigenvalue weighted by molar-refractivity contribution is 0.0929. The maximum absolute atomic E-state index is 12.3. The molecule has 1 aliphatic heterocycles. The van der Waals surface area contributed by atoms with Gasteiger partial charge in [0.25, 0.3) is 5.91 Å². The number of nitrogens with zero attached hydrogens (tertiary/aromatic N) is 5. The van der Waals surface area contributed by atoms with Crippen LogP contribution in [0.25, 0.3) is 0 Å². The maximum atomic E-state index is 12.3. The van der Waals surface area contributed by atoms with Gasteiger partial charge in [-0.15, -0.1) is 5.10 Å². The van der Waals surface area contributed by atoms with Gasteiger partial charge in [-0.2, -0.15) is 5.10 Å². The van der Waals surface area contributed by atoms with E-state index in [0.717, 1.165) is 25.0 Å². The van der Waals surface area contributed by atoms with Crippen molar-refractivity contribution in [2.75, 3.05) is 6.61 Å². The second-order valence-electron chi connectivity index (χ2n) is 6.68. The Morgan fingerprint density at radius 3 is 2.89 bits per heavy atom. The first-order valence-electron chi connectivity index (χ1n) is 9.11. The smallest absolute Gasteiger partial charge is 0.273 e. The van der Waals surface area contributed by atoms with E-state index in [2.05, 4.69) is 32.9 Å². The standard InChI is InChI=1S/C19H22N6O2/c26-19(18-14-25(23-22-18)13-17-7-4-8-27-17)20-9-16-10-21-24(12-16)11-15-5-2-1-3-6-15/h1-3,5-6,10,12,14,17H,4,7-9,11,13H2,(H,20,26)/t17-/m1/s1. The zero-order chi connectivity index (χ0) is 18.5. The van der Waals surface area contributed by atoms with E-state index < -0.39 is 0 Å². The van der Waals surface area contributed by atoms with Crippen LogP contribution in [0.4, 0.5) is 0 Å². The minimum atomic E-state index is -0.246. The Labute approximate surface area is 157 Å². The predicted octanol–water partition coefficient (Wildman–Crippen LogP) is 1.63. The molecule has 1 saturated heterocycles. The van der Waals surface area contributed by atoms with Crippen molar-refractivity contribution in [2.45, 2.75) is 38.6 Å². The zero-order valence-electron chi connectivity index (χ0n) is 15.0. The number of hydrogen-bond acceptors (Lipinski definition) is 5. The van der Waals surface area contributed by atoms with Gasteiger partial charge in [-0.1, -0.05) is 35.5 Å². The molecule has 0 bridgehead atoms. The van der Waals surface area contributed by atoms with E-state index in [-0.39, 0.29) is 12.0 Å². The van der Waals surface area contributed by atoms with Crippen LogP contribution in [0, 0.1) is 0 Å². The van der Waals surface area contributed by atoms with Crippen LogP contribution in [-0.2, 0) is 24.4 Å². The summed E-state index contributed by atoms with van der Waals surface area (Å²) in [5.74, 6) is -0.246. The highest BCUT2D eigenvalue weighted by atomic mass is 16.5. The van der Waals surface area contributed by atoms with Crippen LogP contribution in [0.2, 0.25) is 0 Å². The molecule has 1 amide bonds. The van der Waals surface area contributed by atoms with Crippen molar-refractivity contribution >= 4 is 5.91 Å². The first-order valence-corrected chi connectivity index (χ1v) is 9.11. The van der Waals surface area contributed by atoms with Gasteiger partial charge in [-0.3, -0.25) is 9.48 Å². The molecule has 1 N–H and O–H groups in total. The van der Waals surface area contributed by atoms with Crippen molar-refractivity contribution in [1.29, 1.82) is 0 Å². The number of rotatable bonds is 7. The summed E-state index contributed by atoms with van der Waals surface area (Å²) in [7, 11) is 0. The third kappa shape index (κ3) is 4.59. The van der Waals surface area contributed by atoms with Gasteiger partial charge in [0, 0.05) is 24.9 Å². The van der Waals surface area contributed by atoms with E-state index in [1.165, 1.54) is 5.56 Å². The Hall–Kier alpha value is -3.00. The number of hydrogen-bond donors (Lipinski definition) is 1. The van der Waals surface area contributed by atoms with Crippen LogP contribution < -0.4 is 5.32 Å². The summed E-state index contributed by atoms with van der Waals surface area (Å²) in [6.45, 7) is 2.52. The Morgan fingerprint density at radius 2 is 2.07 bits per heavy atom. The number of carbonyl (C=O) groups excluding carboxylic acids is 1. The number of nitrogens with one attached hydrogen (secondary N) is 1. The van der Waals surface area contributed by atoms with Gasteiger partial charge in [-0.05, 0) is 18.4 Å². The molecule has 4 rings (SSSR count). The predicted molar refractivity (Wildman–Crippen MR) is 97.9 cm³/mol. The zero-order valence-corrected chi connectivity index (χ0v) is 15.0. The summed E-state index contributed by atoms with van der Waals surface area (Å²) < 4.78 is 9.10. The topological polar surface area (TPSA) is 86.9 Å². The highest BCUT2D eigenvalue weighted by molar-refractivity contribution is 5.91. The van der Waals surface area contributed by atoms with Gasteiger partial charge in [0.15, 0.2) is 5.69 Å². The van der Waals surface area contributed by atoms with E-state index in [9.17, 15) is 4.79 Å². The third-order valence-corrected chi connectivity index (χ3v) is 4.51. The normalized spacial score (nSPS) is 16.5. The van der Waals surface area contributed by atoms with Crippen LogP contribution in [0.15, 0.2) is 48.9 Å². The quantitative estimate of drug-likeness (QED) is 0.687. The molecule has 3 aromatic rings. The molecule has 0 saturated carbocycles. The van der Waals surface area contributed by atoms with Gasteiger partial charge in [-0.25, -0.2) is 4.68 Å². The Morgan fingerprint density at radius 1 is 1.19 bits per heavy atom. The number of benzene rings is 1. The summed E-state index contributed by atoms with van der Waals surface area (Å²) in [4.78, 5) is 12.3. The molecule has 1 atom stereocenters. The fraction of sp³-hybridized carbons (Fsp3) is 0.368. The van der Waals surface area contributed by atoms with Crippen molar-refractivity contribution in [3.05, 3.63) is 65.7 Å². The third-order valence-electron chi connectivity index (χ3n) is 4.51. The Bertz CT molecular complexity index is 883. The lowest BCUT2D eigenvalue weighted by Gasteiger charge is -2.07. The van der Waals surface area contributed by atoms with Gasteiger partial charge < -0.3 is 10.1 Å². The monoisotopic (exact) mass is 366 g/mol. The van der Waals surface area contributed by atoms with E-state index in [1.807, 2.05) is 29.1 Å². The molecule has 27 heavy (non-hydrogen) atoms. The first-order chi connectivity index (χ1) is 13.3. The molecule has 1 aliphatic rings. The van der Waals surface area contributed by atoms with Crippen molar-refractivity contribution in [2.24, 2.45) is 0 Å². The number of ether oxygens (including phenoxy) is 1. The van der Waals surface area contributed by atoms with Crippen LogP contribution in [-0.4, -0.2) is 43.4 Å². The fourth-order valence-corrected chi connectivity index (χ4v) is 3.12. The van der Waals surface area contributed by atoms with Gasteiger partial charge >= 0.3 is 0 Å². The molecule has 3 heterocycles. The molecule has 8 nitrogen and oxygen atoms in total. The minimum absolute atomic E-state index is 0.165. The Balaban J connectivity index is 1.28. The fourth-order valence-electron chi connectivity index (χ4n) is 3.12. The van der Waals surface area contributed by atoms with E-state index >= 15 is 0 Å². The summed E-state index contributed by atoms with van der Waals surface area (Å²) in [6.07, 6.45) is 7.62. The minimum Gasteiger partial charge on any atom is -0.376 e. The van der Waals surface area contributed by atoms with E-state index in [1.54, 1.807) is 17.1 Å². The first kappa shape index (κ1) is 17.4. The molecule has 2 aromatic heterocycles. The highest BCUT2D eigenvalue weighted by Gasteiger charge is 2.18. The maximum Gasteiger partial charge on any atom is 0.273 e. The SMILES string of the molecule is O=C(NCc1cnn(Cc2ccccc2)c1)c1cn(C[C@H]2CCCO2)nn1. The van der Waals surface area contributed by atoms with Crippen molar-refractivity contribution in [3.63, 3.8) is 0 Å². The number of amides is 1. The van der Waals surface area contributed by atoms with Crippen LogP contribution >= 0.6 is 0 Å². The van der Waals surface area contributed by atoms with Gasteiger partial charge in [0.2, 0.25) is 0 Å². The van der Waals surface area contributed by atoms with E-state index in [4.69, 9.17) is 4.74 Å². The molecular formula is C19H22N6O2. The average molecular weight is 366 g/mol. The molecule has 0 radical (unpaired) electrons. The Kier molecular flexibility index (Phi) is 5.24. The summed E-state index contributed by atoms with van der Waals surface area (Å²) >= 11 is 0. The molecule has 8 heteroatoms. The van der Waals surface area contributed by atoms with Crippen LogP contribution in [0.1, 0.15) is 34.5 Å². The number of carbonyl (C=O) groups is 1. The molecule has 1 fully saturated rings. The second-order valence-corrected chi connectivity index (χ2v) is 6.68. The lowest BCUT2D eigenvalue weighted by atomic mass is 10.2. The number of aromatic nitrogens is 5. The molecule has 0 spiro atoms. The molecular weight excluding hydrogens is 344 g/mol. The van der Waals surface area contributed by atoms with Crippen molar-refractivity contribution in [3.8, 4) is 0 Å². The highest BCUT2D eigenvalue weighted by Crippen LogP contribution is 2.13. The lowest BCUT2D eigenvalue weighted by Crippen LogP contribution is -2.23. The molecule has 0 aliphatic carbocycles. The van der Waals surface area contributed by atoms with E-state index in [0.29, 0.717) is 25.3 Å². The summed E-state index contributed by atoms with van der Waals surface area (Å²) in [5, 5.41) is 15.2. The molecule has 1 aromatic carbocycles. The van der Waals surface area contributed by atoms with Gasteiger partial charge in [0.1, 0.15) is 0 Å². The average Bonchev–Trinajstić information content (AvgIpc) is 3.44. The molecule has 0 unspecified atom stereocenters. The summed E-state index contributed by atoms with van der Waals surface area (Å²) in [5.41, 5.74) is 2.43. The summed E-state index contributed by atoms with van der Waals surface area (Å²) in [6, 6.07) is 10.1. The van der Waals surface area contributed by atoms with Crippen molar-refractivity contribution < 1.29 is 9.53 Å². The van der Waals surface area contributed by atoms with Crippen LogP contribution in [0.3, 0.4) is 0 Å². The van der Waals surface area contributed by atoms with Gasteiger partial charge in [0.05, 0.1) is 31.6 Å².